The zero-order chi connectivity index (χ0) is 11.7. The van der Waals surface area contributed by atoms with Crippen LogP contribution in [0.25, 0.3) is 6.08 Å². The Hall–Kier alpha value is -0.990. The molecule has 84 valence electrons. The molecule has 0 amide bonds. The van der Waals surface area contributed by atoms with E-state index in [9.17, 15) is 0 Å². The number of hydrogen-bond donors (Lipinski definition) is 0. The van der Waals surface area contributed by atoms with Crippen molar-refractivity contribution >= 4 is 40.1 Å². The van der Waals surface area contributed by atoms with Crippen LogP contribution in [0.1, 0.15) is 11.1 Å². The van der Waals surface area contributed by atoms with Crippen molar-refractivity contribution in [1.29, 1.82) is 0 Å². The van der Waals surface area contributed by atoms with Gasteiger partial charge in [0, 0.05) is 35.9 Å². The molecule has 0 bridgehead atoms. The Morgan fingerprint density at radius 1 is 1.25 bits per heavy atom. The number of hydrogen-bond acceptors (Lipinski definition) is 2. The molecular formula is C12H12Cl2N2. The predicted octanol–water partition coefficient (Wildman–Crippen LogP) is 3.33. The molecule has 0 N–H and O–H groups in total. The van der Waals surface area contributed by atoms with Crippen LogP contribution in [0.15, 0.2) is 28.2 Å². The largest absolute Gasteiger partial charge is 0.377 e. The third kappa shape index (κ3) is 2.08. The van der Waals surface area contributed by atoms with Crippen LogP contribution in [-0.4, -0.2) is 25.8 Å². The van der Waals surface area contributed by atoms with Crippen LogP contribution in [0.5, 0.6) is 0 Å². The molecule has 0 radical (unpaired) electrons. The van der Waals surface area contributed by atoms with E-state index in [0.29, 0.717) is 16.7 Å². The number of benzene rings is 1. The molecule has 2 nitrogen and oxygen atoms in total. The molecule has 0 fully saturated rings. The highest BCUT2D eigenvalue weighted by atomic mass is 35.5. The fourth-order valence-electron chi connectivity index (χ4n) is 1.71. The highest BCUT2D eigenvalue weighted by Crippen LogP contribution is 2.29. The Labute approximate surface area is 105 Å². The molecule has 1 aliphatic rings. The van der Waals surface area contributed by atoms with Crippen LogP contribution < -0.4 is 4.90 Å². The van der Waals surface area contributed by atoms with Crippen molar-refractivity contribution < 1.29 is 0 Å². The van der Waals surface area contributed by atoms with Crippen molar-refractivity contribution in [3.8, 4) is 0 Å². The number of anilines is 1. The second-order valence-corrected chi connectivity index (χ2v) is 4.67. The minimum Gasteiger partial charge on any atom is -0.377 e. The van der Waals surface area contributed by atoms with Gasteiger partial charge >= 0.3 is 0 Å². The number of halogens is 2. The number of aliphatic imine (C=N–C) groups is 1. The van der Waals surface area contributed by atoms with Gasteiger partial charge in [-0.1, -0.05) is 35.3 Å². The van der Waals surface area contributed by atoms with E-state index < -0.39 is 0 Å². The minimum absolute atomic E-state index is 0.446. The first kappa shape index (κ1) is 11.5. The lowest BCUT2D eigenvalue weighted by atomic mass is 10.1. The van der Waals surface area contributed by atoms with E-state index in [-0.39, 0.29) is 0 Å². The first-order chi connectivity index (χ1) is 7.59. The maximum absolute atomic E-state index is 6.13. The molecule has 0 saturated heterocycles. The first-order valence-corrected chi connectivity index (χ1v) is 5.72. The van der Waals surface area contributed by atoms with Crippen molar-refractivity contribution in [1.82, 2.24) is 0 Å². The minimum atomic E-state index is 0.446. The lowest BCUT2D eigenvalue weighted by molar-refractivity contribution is 1.13. The second kappa shape index (κ2) is 4.48. The Balaban J connectivity index is 2.69. The Morgan fingerprint density at radius 2 is 2.00 bits per heavy atom. The Morgan fingerprint density at radius 3 is 2.69 bits per heavy atom. The SMILES string of the molecule is CN(C)c1cccc2c1C=C(Cl)CN=C2Cl. The molecule has 0 aromatic heterocycles. The van der Waals surface area contributed by atoms with E-state index in [0.717, 1.165) is 16.8 Å². The van der Waals surface area contributed by atoms with Gasteiger partial charge in [0.05, 0.1) is 6.54 Å². The molecule has 1 aromatic carbocycles. The van der Waals surface area contributed by atoms with Gasteiger partial charge in [-0.05, 0) is 12.1 Å². The number of fused-ring (bicyclic) bond motifs is 1. The Kier molecular flexibility index (Phi) is 3.22. The third-order valence-electron chi connectivity index (χ3n) is 2.46. The molecule has 0 atom stereocenters. The summed E-state index contributed by atoms with van der Waals surface area (Å²) < 4.78 is 0. The van der Waals surface area contributed by atoms with Crippen LogP contribution in [0.3, 0.4) is 0 Å². The molecule has 0 aliphatic carbocycles. The monoisotopic (exact) mass is 254 g/mol. The summed E-state index contributed by atoms with van der Waals surface area (Å²) in [5.41, 5.74) is 3.05. The third-order valence-corrected chi connectivity index (χ3v) is 3.01. The summed E-state index contributed by atoms with van der Waals surface area (Å²) in [4.78, 5) is 6.25. The van der Waals surface area contributed by atoms with Crippen LogP contribution in [-0.2, 0) is 0 Å². The molecule has 0 saturated carbocycles. The van der Waals surface area contributed by atoms with Crippen molar-refractivity contribution in [2.45, 2.75) is 0 Å². The molecule has 1 aromatic rings. The summed E-state index contributed by atoms with van der Waals surface area (Å²) in [5.74, 6) is 0. The molecule has 0 spiro atoms. The van der Waals surface area contributed by atoms with Gasteiger partial charge in [-0.25, -0.2) is 0 Å². The van der Waals surface area contributed by atoms with Gasteiger partial charge in [0.25, 0.3) is 0 Å². The smallest absolute Gasteiger partial charge is 0.131 e. The maximum Gasteiger partial charge on any atom is 0.131 e. The van der Waals surface area contributed by atoms with E-state index in [1.165, 1.54) is 0 Å². The molecule has 2 rings (SSSR count). The van der Waals surface area contributed by atoms with Gasteiger partial charge in [0.2, 0.25) is 0 Å². The summed E-state index contributed by atoms with van der Waals surface area (Å²) in [5, 5.41) is 1.22. The van der Waals surface area contributed by atoms with Crippen LogP contribution in [0, 0.1) is 0 Å². The molecular weight excluding hydrogens is 243 g/mol. The average molecular weight is 255 g/mol. The average Bonchev–Trinajstić information content (AvgIpc) is 2.38. The summed E-state index contributed by atoms with van der Waals surface area (Å²) in [6.07, 6.45) is 1.94. The lowest BCUT2D eigenvalue weighted by Gasteiger charge is -2.17. The van der Waals surface area contributed by atoms with E-state index in [4.69, 9.17) is 23.2 Å². The van der Waals surface area contributed by atoms with E-state index in [2.05, 4.69) is 4.99 Å². The number of rotatable bonds is 1. The standard InChI is InChI=1S/C12H12Cl2N2/c1-16(2)11-5-3-4-9-10(11)6-8(13)7-15-12(9)14/h3-6H,7H2,1-2H3. The molecule has 0 unspecified atom stereocenters. The van der Waals surface area contributed by atoms with Crippen molar-refractivity contribution in [3.05, 3.63) is 34.4 Å². The molecule has 4 heteroatoms. The zero-order valence-electron chi connectivity index (χ0n) is 9.17. The maximum atomic E-state index is 6.13. The fourth-order valence-corrected chi connectivity index (χ4v) is 2.10. The zero-order valence-corrected chi connectivity index (χ0v) is 10.7. The van der Waals surface area contributed by atoms with Gasteiger partial charge < -0.3 is 4.90 Å². The quantitative estimate of drug-likeness (QED) is 0.751. The first-order valence-electron chi connectivity index (χ1n) is 4.96. The van der Waals surface area contributed by atoms with Crippen molar-refractivity contribution in [2.75, 3.05) is 25.5 Å². The lowest BCUT2D eigenvalue weighted by Crippen LogP contribution is -2.11. The predicted molar refractivity (Wildman–Crippen MR) is 71.9 cm³/mol. The van der Waals surface area contributed by atoms with E-state index in [1.807, 2.05) is 43.3 Å². The molecule has 16 heavy (non-hydrogen) atoms. The fraction of sp³-hybridized carbons (Fsp3) is 0.250. The van der Waals surface area contributed by atoms with E-state index >= 15 is 0 Å². The highest BCUT2D eigenvalue weighted by molar-refractivity contribution is 6.70. The molecule has 1 heterocycles. The van der Waals surface area contributed by atoms with Gasteiger partial charge in [-0.2, -0.15) is 0 Å². The van der Waals surface area contributed by atoms with Crippen molar-refractivity contribution in [2.24, 2.45) is 4.99 Å². The summed E-state index contributed by atoms with van der Waals surface area (Å²) in [6.45, 7) is 0.446. The van der Waals surface area contributed by atoms with Crippen molar-refractivity contribution in [3.63, 3.8) is 0 Å². The van der Waals surface area contributed by atoms with Gasteiger partial charge in [-0.15, -0.1) is 0 Å². The van der Waals surface area contributed by atoms with Crippen LogP contribution >= 0.6 is 23.2 Å². The molecule has 1 aliphatic heterocycles. The summed E-state index contributed by atoms with van der Waals surface area (Å²) in [7, 11) is 3.99. The normalized spacial score (nSPS) is 14.8. The Bertz CT molecular complexity index is 476. The van der Waals surface area contributed by atoms with Gasteiger partial charge in [-0.3, -0.25) is 4.99 Å². The van der Waals surface area contributed by atoms with Crippen LogP contribution in [0.2, 0.25) is 0 Å². The summed E-state index contributed by atoms with van der Waals surface area (Å²) >= 11 is 12.2. The summed E-state index contributed by atoms with van der Waals surface area (Å²) in [6, 6.07) is 5.97. The van der Waals surface area contributed by atoms with Gasteiger partial charge in [0.1, 0.15) is 5.17 Å². The van der Waals surface area contributed by atoms with Crippen LogP contribution in [0.4, 0.5) is 5.69 Å². The highest BCUT2D eigenvalue weighted by Gasteiger charge is 2.14. The van der Waals surface area contributed by atoms with Gasteiger partial charge in [0.15, 0.2) is 0 Å². The second-order valence-electron chi connectivity index (χ2n) is 3.83. The number of nitrogens with zero attached hydrogens (tertiary/aromatic N) is 2. The topological polar surface area (TPSA) is 15.6 Å². The van der Waals surface area contributed by atoms with E-state index in [1.54, 1.807) is 0 Å².